The molecule has 0 aromatic heterocycles. The summed E-state index contributed by atoms with van der Waals surface area (Å²) in [6.45, 7) is 0.251. The molecule has 1 heterocycles. The second-order valence-electron chi connectivity index (χ2n) is 5.91. The van der Waals surface area contributed by atoms with Crippen LogP contribution in [-0.4, -0.2) is 60.3 Å². The molecule has 156 valence electrons. The molecular weight excluding hydrogens is 400 g/mol. The number of rotatable bonds is 10. The molecule has 0 radical (unpaired) electrons. The number of carboxylic acid groups (broad SMARTS) is 1. The van der Waals surface area contributed by atoms with Crippen molar-refractivity contribution in [2.75, 3.05) is 20.8 Å². The molecule has 1 unspecified atom stereocenters. The summed E-state index contributed by atoms with van der Waals surface area (Å²) < 4.78 is 10.4. The molecule has 29 heavy (non-hydrogen) atoms. The Balaban J connectivity index is 1.86. The van der Waals surface area contributed by atoms with E-state index in [1.807, 2.05) is 0 Å². The monoisotopic (exact) mass is 422 g/mol. The Morgan fingerprint density at radius 2 is 2.07 bits per heavy atom. The largest absolute Gasteiger partial charge is 0.493 e. The molecule has 3 N–H and O–H groups in total. The van der Waals surface area contributed by atoms with Crippen LogP contribution in [0.5, 0.6) is 11.5 Å². The predicted molar refractivity (Wildman–Crippen MR) is 109 cm³/mol. The van der Waals surface area contributed by atoms with Gasteiger partial charge >= 0.3 is 5.97 Å². The second kappa shape index (κ2) is 11.1. The Bertz CT molecular complexity index is 827. The van der Waals surface area contributed by atoms with Crippen LogP contribution in [0.4, 0.5) is 0 Å². The standard InChI is InChI=1S/C18H22N4O6S/c1-27-12-6-5-11(8-13(12)28-2)10-20-22-18-21-17(26)14(29-18)9-15(23)19-7-3-4-16(24)25/h5-6,8,10,14H,3-4,7,9H2,1-2H3,(H,19,23)(H,24,25)(H,21,22,26)/b20-10+. The Morgan fingerprint density at radius 3 is 2.76 bits per heavy atom. The van der Waals surface area contributed by atoms with Gasteiger partial charge in [-0.1, -0.05) is 11.8 Å². The first-order chi connectivity index (χ1) is 13.9. The molecule has 1 aromatic carbocycles. The van der Waals surface area contributed by atoms with Gasteiger partial charge in [-0.3, -0.25) is 14.4 Å². The first-order valence-electron chi connectivity index (χ1n) is 8.72. The smallest absolute Gasteiger partial charge is 0.303 e. The first-order valence-corrected chi connectivity index (χ1v) is 9.60. The van der Waals surface area contributed by atoms with Crippen LogP contribution >= 0.6 is 11.8 Å². The summed E-state index contributed by atoms with van der Waals surface area (Å²) in [4.78, 5) is 34.3. The number of carboxylic acids is 1. The Kier molecular flexibility index (Phi) is 8.46. The zero-order valence-electron chi connectivity index (χ0n) is 16.0. The van der Waals surface area contributed by atoms with E-state index in [9.17, 15) is 14.4 Å². The molecule has 11 heteroatoms. The van der Waals surface area contributed by atoms with Gasteiger partial charge in [0.1, 0.15) is 5.25 Å². The van der Waals surface area contributed by atoms with Crippen LogP contribution in [0.1, 0.15) is 24.8 Å². The highest BCUT2D eigenvalue weighted by molar-refractivity contribution is 8.15. The van der Waals surface area contributed by atoms with Gasteiger partial charge in [-0.2, -0.15) is 5.10 Å². The third-order valence-electron chi connectivity index (χ3n) is 3.80. The van der Waals surface area contributed by atoms with E-state index in [2.05, 4.69) is 20.8 Å². The van der Waals surface area contributed by atoms with Gasteiger partial charge in [0.05, 0.1) is 20.4 Å². The van der Waals surface area contributed by atoms with Crippen LogP contribution in [0.15, 0.2) is 28.4 Å². The van der Waals surface area contributed by atoms with Crippen molar-refractivity contribution < 1.29 is 29.0 Å². The molecule has 10 nitrogen and oxygen atoms in total. The number of carbonyl (C=O) groups is 3. The number of methoxy groups -OCH3 is 2. The maximum atomic E-state index is 12.0. The maximum absolute atomic E-state index is 12.0. The summed E-state index contributed by atoms with van der Waals surface area (Å²) in [5.74, 6) is -0.408. The summed E-state index contributed by atoms with van der Waals surface area (Å²) in [6.07, 6.45) is 1.79. The fourth-order valence-electron chi connectivity index (χ4n) is 2.38. The highest BCUT2D eigenvalue weighted by atomic mass is 32.2. The summed E-state index contributed by atoms with van der Waals surface area (Å²) in [6, 6.07) is 5.26. The van der Waals surface area contributed by atoms with Gasteiger partial charge in [0.2, 0.25) is 11.8 Å². The molecule has 1 aliphatic rings. The van der Waals surface area contributed by atoms with Gasteiger partial charge < -0.3 is 25.2 Å². The number of aliphatic carboxylic acids is 1. The lowest BCUT2D eigenvalue weighted by Crippen LogP contribution is -2.31. The van der Waals surface area contributed by atoms with Crippen molar-refractivity contribution in [3.05, 3.63) is 23.8 Å². The van der Waals surface area contributed by atoms with Crippen LogP contribution < -0.4 is 20.1 Å². The van der Waals surface area contributed by atoms with Crippen LogP contribution in [0.25, 0.3) is 0 Å². The number of carbonyl (C=O) groups excluding carboxylic acids is 2. The molecule has 2 rings (SSSR count). The van der Waals surface area contributed by atoms with Crippen LogP contribution in [0, 0.1) is 0 Å². The predicted octanol–water partition coefficient (Wildman–Crippen LogP) is 0.996. The normalized spacial score (nSPS) is 17.4. The van der Waals surface area contributed by atoms with Gasteiger partial charge in [-0.25, -0.2) is 0 Å². The molecule has 0 saturated carbocycles. The van der Waals surface area contributed by atoms with Crippen molar-refractivity contribution in [2.24, 2.45) is 10.2 Å². The van der Waals surface area contributed by atoms with Crippen LogP contribution in [0.3, 0.4) is 0 Å². The number of hydrogen-bond donors (Lipinski definition) is 3. The zero-order valence-corrected chi connectivity index (χ0v) is 16.8. The fraction of sp³-hybridized carbons (Fsp3) is 0.389. The quantitative estimate of drug-likeness (QED) is 0.290. The minimum Gasteiger partial charge on any atom is -0.493 e. The number of benzene rings is 1. The Hall–Kier alpha value is -3.08. The third kappa shape index (κ3) is 7.11. The maximum Gasteiger partial charge on any atom is 0.303 e. The lowest BCUT2D eigenvalue weighted by Gasteiger charge is -2.07. The van der Waals surface area contributed by atoms with Gasteiger partial charge in [-0.05, 0) is 30.2 Å². The SMILES string of the molecule is COc1ccc(/C=N/N=C2\NC(=O)C(CC(=O)NCCCC(=O)O)S2)cc1OC. The molecule has 0 bridgehead atoms. The van der Waals surface area contributed by atoms with Crippen molar-refractivity contribution in [2.45, 2.75) is 24.5 Å². The summed E-state index contributed by atoms with van der Waals surface area (Å²) in [7, 11) is 3.08. The number of ether oxygens (including phenoxy) is 2. The number of amides is 2. The average Bonchev–Trinajstić information content (AvgIpc) is 3.04. The van der Waals surface area contributed by atoms with Crippen LogP contribution in [0.2, 0.25) is 0 Å². The topological polar surface area (TPSA) is 139 Å². The van der Waals surface area contributed by atoms with Gasteiger partial charge in [0.15, 0.2) is 16.7 Å². The number of nitrogens with zero attached hydrogens (tertiary/aromatic N) is 2. The first kappa shape index (κ1) is 22.2. The van der Waals surface area contributed by atoms with Crippen molar-refractivity contribution in [3.8, 4) is 11.5 Å². The molecule has 2 amide bonds. The number of nitrogens with one attached hydrogen (secondary N) is 2. The summed E-state index contributed by atoms with van der Waals surface area (Å²) >= 11 is 1.12. The lowest BCUT2D eigenvalue weighted by molar-refractivity contribution is -0.137. The fourth-order valence-corrected chi connectivity index (χ4v) is 3.30. The number of amidine groups is 1. The van der Waals surface area contributed by atoms with E-state index in [-0.39, 0.29) is 31.2 Å². The van der Waals surface area contributed by atoms with Crippen molar-refractivity contribution in [3.63, 3.8) is 0 Å². The Labute approximate surface area is 171 Å². The number of hydrogen-bond acceptors (Lipinski definition) is 8. The second-order valence-corrected chi connectivity index (χ2v) is 7.10. The molecule has 1 aromatic rings. The van der Waals surface area contributed by atoms with Crippen molar-refractivity contribution in [1.29, 1.82) is 0 Å². The lowest BCUT2D eigenvalue weighted by atomic mass is 10.2. The van der Waals surface area contributed by atoms with E-state index >= 15 is 0 Å². The molecule has 0 aliphatic carbocycles. The Morgan fingerprint density at radius 1 is 1.31 bits per heavy atom. The van der Waals surface area contributed by atoms with E-state index in [1.165, 1.54) is 13.3 Å². The summed E-state index contributed by atoms with van der Waals surface area (Å²) in [5, 5.41) is 21.4. The number of thioether (sulfide) groups is 1. The highest BCUT2D eigenvalue weighted by Gasteiger charge is 2.32. The van der Waals surface area contributed by atoms with Gasteiger partial charge in [0, 0.05) is 19.4 Å². The van der Waals surface area contributed by atoms with Gasteiger partial charge in [-0.15, -0.1) is 5.10 Å². The van der Waals surface area contributed by atoms with E-state index in [1.54, 1.807) is 25.3 Å². The molecular formula is C18H22N4O6S. The van der Waals surface area contributed by atoms with E-state index in [0.717, 1.165) is 17.3 Å². The minimum absolute atomic E-state index is 0.0200. The highest BCUT2D eigenvalue weighted by Crippen LogP contribution is 2.27. The van der Waals surface area contributed by atoms with E-state index < -0.39 is 11.2 Å². The zero-order chi connectivity index (χ0) is 21.2. The van der Waals surface area contributed by atoms with E-state index in [0.29, 0.717) is 23.1 Å². The molecule has 1 atom stereocenters. The molecule has 1 saturated heterocycles. The molecule has 1 aliphatic heterocycles. The minimum atomic E-state index is -0.917. The van der Waals surface area contributed by atoms with E-state index in [4.69, 9.17) is 14.6 Å². The van der Waals surface area contributed by atoms with Crippen molar-refractivity contribution >= 4 is 40.9 Å². The average molecular weight is 422 g/mol. The molecule has 0 spiro atoms. The van der Waals surface area contributed by atoms with Crippen LogP contribution in [-0.2, 0) is 14.4 Å². The third-order valence-corrected chi connectivity index (χ3v) is 4.87. The van der Waals surface area contributed by atoms with Crippen molar-refractivity contribution in [1.82, 2.24) is 10.6 Å². The molecule has 1 fully saturated rings. The summed E-state index contributed by atoms with van der Waals surface area (Å²) in [5.41, 5.74) is 0.735. The van der Waals surface area contributed by atoms with Gasteiger partial charge in [0.25, 0.3) is 0 Å².